The van der Waals surface area contributed by atoms with Crippen LogP contribution in [0, 0.1) is 0 Å². The summed E-state index contributed by atoms with van der Waals surface area (Å²) in [7, 11) is 0. The van der Waals surface area contributed by atoms with E-state index in [1.165, 1.54) is 18.2 Å². The van der Waals surface area contributed by atoms with Crippen LogP contribution in [-0.2, 0) is 6.61 Å². The third-order valence-electron chi connectivity index (χ3n) is 2.75. The predicted octanol–water partition coefficient (Wildman–Crippen LogP) is 2.66. The van der Waals surface area contributed by atoms with Crippen molar-refractivity contribution in [1.82, 2.24) is 0 Å². The zero-order valence-corrected chi connectivity index (χ0v) is 10.4. The van der Waals surface area contributed by atoms with Crippen molar-refractivity contribution < 1.29 is 24.5 Å². The summed E-state index contributed by atoms with van der Waals surface area (Å²) in [5, 5.41) is 18.1. The van der Waals surface area contributed by atoms with E-state index in [4.69, 9.17) is 14.9 Å². The SMILES string of the molecule is O=C(O)c1ccccc1COc1ccccc1C(=O)O. The molecule has 0 amide bonds. The number of hydrogen-bond acceptors (Lipinski definition) is 3. The molecule has 0 saturated carbocycles. The molecular weight excluding hydrogens is 260 g/mol. The van der Waals surface area contributed by atoms with Crippen LogP contribution in [0.15, 0.2) is 48.5 Å². The second kappa shape index (κ2) is 5.88. The lowest BCUT2D eigenvalue weighted by Crippen LogP contribution is -2.07. The van der Waals surface area contributed by atoms with Gasteiger partial charge in [-0.25, -0.2) is 9.59 Å². The summed E-state index contributed by atoms with van der Waals surface area (Å²) in [5.41, 5.74) is 0.667. The van der Waals surface area contributed by atoms with Crippen molar-refractivity contribution in [2.45, 2.75) is 6.61 Å². The van der Waals surface area contributed by atoms with Gasteiger partial charge in [-0.15, -0.1) is 0 Å². The van der Waals surface area contributed by atoms with E-state index in [2.05, 4.69) is 0 Å². The molecule has 5 nitrogen and oxygen atoms in total. The van der Waals surface area contributed by atoms with Crippen molar-refractivity contribution in [3.63, 3.8) is 0 Å². The summed E-state index contributed by atoms with van der Waals surface area (Å²) in [6.45, 7) is -0.00718. The van der Waals surface area contributed by atoms with Crippen molar-refractivity contribution >= 4 is 11.9 Å². The van der Waals surface area contributed by atoms with Gasteiger partial charge in [0.15, 0.2) is 0 Å². The van der Waals surface area contributed by atoms with E-state index in [0.717, 1.165) is 0 Å². The Labute approximate surface area is 115 Å². The van der Waals surface area contributed by atoms with Crippen LogP contribution in [0.2, 0.25) is 0 Å². The lowest BCUT2D eigenvalue weighted by Gasteiger charge is -2.10. The fourth-order valence-electron chi connectivity index (χ4n) is 1.78. The van der Waals surface area contributed by atoms with Gasteiger partial charge in [-0.2, -0.15) is 0 Å². The van der Waals surface area contributed by atoms with Gasteiger partial charge in [-0.1, -0.05) is 30.3 Å². The van der Waals surface area contributed by atoms with Crippen LogP contribution < -0.4 is 4.74 Å². The number of benzene rings is 2. The van der Waals surface area contributed by atoms with Gasteiger partial charge in [0.05, 0.1) is 5.56 Å². The van der Waals surface area contributed by atoms with Crippen LogP contribution in [0.3, 0.4) is 0 Å². The summed E-state index contributed by atoms with van der Waals surface area (Å²) in [6, 6.07) is 12.7. The minimum Gasteiger partial charge on any atom is -0.488 e. The van der Waals surface area contributed by atoms with E-state index < -0.39 is 11.9 Å². The second-order valence-electron chi connectivity index (χ2n) is 4.05. The molecule has 0 spiro atoms. The van der Waals surface area contributed by atoms with Gasteiger partial charge in [0.25, 0.3) is 0 Å². The minimum atomic E-state index is -1.09. The molecule has 0 fully saturated rings. The van der Waals surface area contributed by atoms with E-state index in [1.807, 2.05) is 0 Å². The topological polar surface area (TPSA) is 83.8 Å². The van der Waals surface area contributed by atoms with E-state index in [-0.39, 0.29) is 23.5 Å². The molecule has 0 bridgehead atoms. The Morgan fingerprint density at radius 2 is 1.40 bits per heavy atom. The standard InChI is InChI=1S/C15H12O5/c16-14(17)11-6-2-1-5-10(11)9-20-13-8-4-3-7-12(13)15(18)19/h1-8H,9H2,(H,16,17)(H,18,19). The molecule has 0 aliphatic carbocycles. The molecule has 5 heteroatoms. The molecule has 0 radical (unpaired) electrons. The highest BCUT2D eigenvalue weighted by atomic mass is 16.5. The molecule has 0 aliphatic heterocycles. The molecule has 2 N–H and O–H groups in total. The van der Waals surface area contributed by atoms with Crippen LogP contribution in [0.25, 0.3) is 0 Å². The fraction of sp³-hybridized carbons (Fsp3) is 0.0667. The van der Waals surface area contributed by atoms with Crippen molar-refractivity contribution in [1.29, 1.82) is 0 Å². The summed E-state index contributed by atoms with van der Waals surface area (Å²) in [5.74, 6) is -1.93. The number of para-hydroxylation sites is 1. The second-order valence-corrected chi connectivity index (χ2v) is 4.05. The molecule has 2 rings (SSSR count). The highest BCUT2D eigenvalue weighted by molar-refractivity contribution is 5.91. The molecule has 0 saturated heterocycles. The van der Waals surface area contributed by atoms with Gasteiger partial charge in [0.1, 0.15) is 17.9 Å². The smallest absolute Gasteiger partial charge is 0.339 e. The van der Waals surface area contributed by atoms with E-state index in [9.17, 15) is 9.59 Å². The van der Waals surface area contributed by atoms with E-state index in [0.29, 0.717) is 5.56 Å². The van der Waals surface area contributed by atoms with Gasteiger partial charge in [0.2, 0.25) is 0 Å². The third kappa shape index (κ3) is 2.95. The lowest BCUT2D eigenvalue weighted by atomic mass is 10.1. The maximum atomic E-state index is 11.1. The van der Waals surface area contributed by atoms with Gasteiger partial charge in [-0.05, 0) is 18.2 Å². The number of rotatable bonds is 5. The minimum absolute atomic E-state index is 0.00718. The van der Waals surface area contributed by atoms with Crippen LogP contribution in [0.5, 0.6) is 5.75 Å². The normalized spacial score (nSPS) is 10.0. The number of ether oxygens (including phenoxy) is 1. The van der Waals surface area contributed by atoms with Crippen molar-refractivity contribution in [3.8, 4) is 5.75 Å². The maximum absolute atomic E-state index is 11.1. The zero-order valence-electron chi connectivity index (χ0n) is 10.4. The first kappa shape index (κ1) is 13.6. The van der Waals surface area contributed by atoms with E-state index >= 15 is 0 Å². The fourth-order valence-corrected chi connectivity index (χ4v) is 1.78. The van der Waals surface area contributed by atoms with Crippen LogP contribution in [-0.4, -0.2) is 22.2 Å². The first-order chi connectivity index (χ1) is 9.59. The molecule has 2 aromatic rings. The molecule has 2 aromatic carbocycles. The number of aromatic carboxylic acids is 2. The van der Waals surface area contributed by atoms with Crippen molar-refractivity contribution in [2.24, 2.45) is 0 Å². The van der Waals surface area contributed by atoms with Gasteiger partial charge < -0.3 is 14.9 Å². The Morgan fingerprint density at radius 1 is 0.850 bits per heavy atom. The highest BCUT2D eigenvalue weighted by Crippen LogP contribution is 2.20. The molecule has 0 atom stereocenters. The first-order valence-electron chi connectivity index (χ1n) is 5.86. The molecule has 0 unspecified atom stereocenters. The Kier molecular flexibility index (Phi) is 4.00. The molecule has 102 valence electrons. The van der Waals surface area contributed by atoms with Crippen LogP contribution in [0.1, 0.15) is 26.3 Å². The predicted molar refractivity (Wildman–Crippen MR) is 71.1 cm³/mol. The summed E-state index contributed by atoms with van der Waals surface area (Å²) >= 11 is 0. The Bertz CT molecular complexity index is 591. The van der Waals surface area contributed by atoms with Crippen LogP contribution in [0.4, 0.5) is 0 Å². The van der Waals surface area contributed by atoms with Crippen molar-refractivity contribution in [3.05, 3.63) is 65.2 Å². The summed E-state index contributed by atoms with van der Waals surface area (Å²) < 4.78 is 5.43. The highest BCUT2D eigenvalue weighted by Gasteiger charge is 2.13. The van der Waals surface area contributed by atoms with Gasteiger partial charge in [-0.3, -0.25) is 0 Å². The molecule has 0 aromatic heterocycles. The average molecular weight is 272 g/mol. The number of carboxylic acids is 2. The number of hydrogen-bond donors (Lipinski definition) is 2. The zero-order chi connectivity index (χ0) is 14.5. The van der Waals surface area contributed by atoms with Crippen LogP contribution >= 0.6 is 0 Å². The summed E-state index contributed by atoms with van der Waals surface area (Å²) in [4.78, 5) is 22.1. The number of carboxylic acid groups (broad SMARTS) is 2. The molecule has 20 heavy (non-hydrogen) atoms. The summed E-state index contributed by atoms with van der Waals surface area (Å²) in [6.07, 6.45) is 0. The largest absolute Gasteiger partial charge is 0.488 e. The van der Waals surface area contributed by atoms with Crippen molar-refractivity contribution in [2.75, 3.05) is 0 Å². The van der Waals surface area contributed by atoms with Gasteiger partial charge in [0, 0.05) is 5.56 Å². The average Bonchev–Trinajstić information content (AvgIpc) is 2.45. The maximum Gasteiger partial charge on any atom is 0.339 e. The van der Waals surface area contributed by atoms with Gasteiger partial charge >= 0.3 is 11.9 Å². The quantitative estimate of drug-likeness (QED) is 0.874. The lowest BCUT2D eigenvalue weighted by molar-refractivity contribution is 0.0678. The number of carbonyl (C=O) groups is 2. The Balaban J connectivity index is 2.22. The molecule has 0 heterocycles. The third-order valence-corrected chi connectivity index (χ3v) is 2.75. The van der Waals surface area contributed by atoms with E-state index in [1.54, 1.807) is 30.3 Å². The monoisotopic (exact) mass is 272 g/mol. The Morgan fingerprint density at radius 3 is 2.05 bits per heavy atom. The Hall–Kier alpha value is -2.82. The first-order valence-corrected chi connectivity index (χ1v) is 5.86. The molecule has 0 aliphatic rings. The molecular formula is C15H12O5.